The van der Waals surface area contributed by atoms with E-state index in [9.17, 15) is 4.79 Å². The molecular weight excluding hydrogens is 376 g/mol. The Morgan fingerprint density at radius 2 is 1.90 bits per heavy atom. The molecule has 1 heterocycles. The molecule has 30 heavy (non-hydrogen) atoms. The van der Waals surface area contributed by atoms with Gasteiger partial charge in [0.15, 0.2) is 0 Å². The van der Waals surface area contributed by atoms with Crippen LogP contribution in [0.4, 0.5) is 0 Å². The largest absolute Gasteiger partial charge is 0.492 e. The number of ether oxygens (including phenoxy) is 2. The number of likely N-dealkylation sites (N-methyl/N-ethyl adjacent to an activating group) is 1. The molecule has 1 N–H and O–H groups in total. The number of carbonyl (C=O) groups is 1. The molecular formula is C25H34N2O3. The van der Waals surface area contributed by atoms with Gasteiger partial charge in [-0.15, -0.1) is 0 Å². The smallest absolute Gasteiger partial charge is 0.251 e. The normalized spacial score (nSPS) is 14.8. The van der Waals surface area contributed by atoms with Crippen LogP contribution in [0.5, 0.6) is 5.75 Å². The van der Waals surface area contributed by atoms with Crippen LogP contribution >= 0.6 is 0 Å². The van der Waals surface area contributed by atoms with Crippen LogP contribution in [-0.2, 0) is 11.3 Å². The molecule has 0 aromatic heterocycles. The first-order chi connectivity index (χ1) is 14.5. The molecule has 0 unspecified atom stereocenters. The monoisotopic (exact) mass is 410 g/mol. The van der Waals surface area contributed by atoms with Crippen molar-refractivity contribution in [3.63, 3.8) is 0 Å². The Balaban J connectivity index is 1.44. The van der Waals surface area contributed by atoms with Gasteiger partial charge in [-0.1, -0.05) is 38.1 Å². The fourth-order valence-corrected chi connectivity index (χ4v) is 3.67. The van der Waals surface area contributed by atoms with Gasteiger partial charge in [0.25, 0.3) is 5.91 Å². The maximum absolute atomic E-state index is 12.4. The van der Waals surface area contributed by atoms with E-state index in [1.807, 2.05) is 48.5 Å². The third kappa shape index (κ3) is 6.57. The molecule has 1 aliphatic rings. The van der Waals surface area contributed by atoms with Crippen LogP contribution in [0.25, 0.3) is 0 Å². The van der Waals surface area contributed by atoms with Gasteiger partial charge in [0, 0.05) is 37.9 Å². The van der Waals surface area contributed by atoms with E-state index in [2.05, 4.69) is 31.1 Å². The van der Waals surface area contributed by atoms with Gasteiger partial charge in [0.2, 0.25) is 0 Å². The van der Waals surface area contributed by atoms with Gasteiger partial charge in [-0.25, -0.2) is 0 Å². The maximum atomic E-state index is 12.4. The van der Waals surface area contributed by atoms with Crippen molar-refractivity contribution in [2.24, 2.45) is 0 Å². The predicted molar refractivity (Wildman–Crippen MR) is 120 cm³/mol. The number of carbonyl (C=O) groups excluding carboxylic acids is 1. The summed E-state index contributed by atoms with van der Waals surface area (Å²) in [5.41, 5.74) is 2.94. The lowest BCUT2D eigenvalue weighted by molar-refractivity contribution is 0.0392. The topological polar surface area (TPSA) is 50.8 Å². The Bertz CT molecular complexity index is 798. The number of hydrogen-bond donors (Lipinski definition) is 1. The summed E-state index contributed by atoms with van der Waals surface area (Å²) in [7, 11) is 2.15. The molecule has 1 amide bonds. The quantitative estimate of drug-likeness (QED) is 0.672. The van der Waals surface area contributed by atoms with Crippen LogP contribution < -0.4 is 10.1 Å². The fourth-order valence-electron chi connectivity index (χ4n) is 3.67. The summed E-state index contributed by atoms with van der Waals surface area (Å²) in [4.78, 5) is 14.8. The first-order valence-electron chi connectivity index (χ1n) is 10.9. The molecule has 3 rings (SSSR count). The molecule has 5 heteroatoms. The zero-order valence-corrected chi connectivity index (χ0v) is 18.4. The highest BCUT2D eigenvalue weighted by Gasteiger charge is 2.18. The van der Waals surface area contributed by atoms with E-state index in [0.29, 0.717) is 30.7 Å². The molecule has 0 spiro atoms. The first-order valence-corrected chi connectivity index (χ1v) is 10.9. The summed E-state index contributed by atoms with van der Waals surface area (Å²) in [5, 5.41) is 2.99. The minimum absolute atomic E-state index is 0.0605. The first kappa shape index (κ1) is 22.3. The van der Waals surface area contributed by atoms with E-state index >= 15 is 0 Å². The van der Waals surface area contributed by atoms with Crippen molar-refractivity contribution in [3.05, 3.63) is 65.2 Å². The van der Waals surface area contributed by atoms with Gasteiger partial charge in [-0.2, -0.15) is 0 Å². The summed E-state index contributed by atoms with van der Waals surface area (Å²) < 4.78 is 11.4. The molecule has 2 aromatic rings. The van der Waals surface area contributed by atoms with Gasteiger partial charge in [-0.3, -0.25) is 9.69 Å². The summed E-state index contributed by atoms with van der Waals surface area (Å²) in [6.45, 7) is 8.01. The minimum atomic E-state index is -0.0605. The molecule has 0 radical (unpaired) electrons. The fraction of sp³-hybridized carbons (Fsp3) is 0.480. The zero-order valence-electron chi connectivity index (χ0n) is 18.4. The third-order valence-corrected chi connectivity index (χ3v) is 5.72. The number of rotatable bonds is 9. The van der Waals surface area contributed by atoms with E-state index in [1.165, 1.54) is 5.56 Å². The van der Waals surface area contributed by atoms with E-state index in [4.69, 9.17) is 9.47 Å². The van der Waals surface area contributed by atoms with Crippen LogP contribution in [0, 0.1) is 0 Å². The summed E-state index contributed by atoms with van der Waals surface area (Å²) in [6, 6.07) is 16.3. The second-order valence-corrected chi connectivity index (χ2v) is 8.28. The van der Waals surface area contributed by atoms with E-state index < -0.39 is 0 Å². The van der Waals surface area contributed by atoms with E-state index in [0.717, 1.165) is 43.9 Å². The predicted octanol–water partition coefficient (Wildman–Crippen LogP) is 4.23. The molecule has 1 aliphatic heterocycles. The highest BCUT2D eigenvalue weighted by Crippen LogP contribution is 2.16. The molecule has 1 fully saturated rings. The summed E-state index contributed by atoms with van der Waals surface area (Å²) in [6.07, 6.45) is 2.18. The zero-order chi connectivity index (χ0) is 21.3. The molecule has 5 nitrogen and oxygen atoms in total. The lowest BCUT2D eigenvalue weighted by Gasteiger charge is -2.31. The number of nitrogens with zero attached hydrogens (tertiary/aromatic N) is 1. The summed E-state index contributed by atoms with van der Waals surface area (Å²) in [5.74, 6) is 1.24. The van der Waals surface area contributed by atoms with Crippen molar-refractivity contribution < 1.29 is 14.3 Å². The molecule has 0 saturated carbocycles. The van der Waals surface area contributed by atoms with Crippen LogP contribution in [0.3, 0.4) is 0 Å². The van der Waals surface area contributed by atoms with Crippen LogP contribution in [0.15, 0.2) is 48.5 Å². The Hall–Kier alpha value is -2.37. The Labute approximate surface area is 180 Å². The standard InChI is InChI=1S/C25H34N2O3/c1-19(2)21-7-9-22(10-8-21)25(28)26-18-20-5-4-6-24(17-20)30-16-13-27(3)23-11-14-29-15-12-23/h4-10,17,19,23H,11-16,18H2,1-3H3,(H,26,28). The Morgan fingerprint density at radius 1 is 1.17 bits per heavy atom. The van der Waals surface area contributed by atoms with Crippen molar-refractivity contribution in [1.29, 1.82) is 0 Å². The van der Waals surface area contributed by atoms with E-state index in [-0.39, 0.29) is 5.91 Å². The van der Waals surface area contributed by atoms with Gasteiger partial charge in [-0.05, 0) is 61.2 Å². The van der Waals surface area contributed by atoms with Crippen molar-refractivity contribution in [2.75, 3.05) is 33.4 Å². The van der Waals surface area contributed by atoms with Gasteiger partial charge in [0.1, 0.15) is 12.4 Å². The van der Waals surface area contributed by atoms with Crippen molar-refractivity contribution in [3.8, 4) is 5.75 Å². The van der Waals surface area contributed by atoms with Crippen molar-refractivity contribution in [1.82, 2.24) is 10.2 Å². The molecule has 1 saturated heterocycles. The van der Waals surface area contributed by atoms with Crippen LogP contribution in [0.1, 0.15) is 54.1 Å². The highest BCUT2D eigenvalue weighted by atomic mass is 16.5. The second kappa shape index (κ2) is 11.1. The van der Waals surface area contributed by atoms with Crippen LogP contribution in [-0.4, -0.2) is 50.3 Å². The third-order valence-electron chi connectivity index (χ3n) is 5.72. The van der Waals surface area contributed by atoms with Crippen LogP contribution in [0.2, 0.25) is 0 Å². The van der Waals surface area contributed by atoms with E-state index in [1.54, 1.807) is 0 Å². The lowest BCUT2D eigenvalue weighted by atomic mass is 10.0. The molecule has 0 aliphatic carbocycles. The average Bonchev–Trinajstić information content (AvgIpc) is 2.78. The van der Waals surface area contributed by atoms with Crippen molar-refractivity contribution >= 4 is 5.91 Å². The summed E-state index contributed by atoms with van der Waals surface area (Å²) >= 11 is 0. The Morgan fingerprint density at radius 3 is 2.60 bits per heavy atom. The number of amides is 1. The SMILES string of the molecule is CC(C)c1ccc(C(=O)NCc2cccc(OCCN(C)C3CCOCC3)c2)cc1. The van der Waals surface area contributed by atoms with Gasteiger partial charge < -0.3 is 14.8 Å². The highest BCUT2D eigenvalue weighted by molar-refractivity contribution is 5.94. The van der Waals surface area contributed by atoms with Gasteiger partial charge in [0.05, 0.1) is 0 Å². The maximum Gasteiger partial charge on any atom is 0.251 e. The lowest BCUT2D eigenvalue weighted by Crippen LogP contribution is -2.38. The minimum Gasteiger partial charge on any atom is -0.492 e. The number of nitrogens with one attached hydrogen (secondary N) is 1. The molecule has 2 aromatic carbocycles. The second-order valence-electron chi connectivity index (χ2n) is 8.28. The Kier molecular flexibility index (Phi) is 8.29. The van der Waals surface area contributed by atoms with Crippen molar-refractivity contribution in [2.45, 2.75) is 45.2 Å². The molecule has 0 atom stereocenters. The number of hydrogen-bond acceptors (Lipinski definition) is 4. The molecule has 0 bridgehead atoms. The average molecular weight is 411 g/mol. The molecule has 162 valence electrons. The number of benzene rings is 2. The van der Waals surface area contributed by atoms with Gasteiger partial charge >= 0.3 is 0 Å².